The van der Waals surface area contributed by atoms with E-state index in [-0.39, 0.29) is 21.1 Å². The zero-order valence-corrected chi connectivity index (χ0v) is 34.9. The zero-order valence-electron chi connectivity index (χ0n) is 32.6. The fourth-order valence-corrected chi connectivity index (χ4v) is 8.34. The maximum atomic E-state index is 4.96. The largest absolute Gasteiger partial charge is 2.00 e. The first kappa shape index (κ1) is 37.2. The molecule has 0 aliphatic carbocycles. The average Bonchev–Trinajstić information content (AvgIpc) is 3.79. The molecule has 6 heteroatoms. The molecule has 0 atom stereocenters. The van der Waals surface area contributed by atoms with Crippen LogP contribution in [0.4, 0.5) is 34.1 Å². The summed E-state index contributed by atoms with van der Waals surface area (Å²) in [6, 6.07) is 68.4. The van der Waals surface area contributed by atoms with Crippen molar-refractivity contribution < 1.29 is 21.1 Å². The second kappa shape index (κ2) is 15.5. The van der Waals surface area contributed by atoms with E-state index in [2.05, 4.69) is 222 Å². The Bertz CT molecular complexity index is 2840. The van der Waals surface area contributed by atoms with Gasteiger partial charge in [-0.05, 0) is 58.3 Å². The van der Waals surface area contributed by atoms with Crippen molar-refractivity contribution in [1.29, 1.82) is 0 Å². The van der Waals surface area contributed by atoms with Gasteiger partial charge in [-0.3, -0.25) is 0 Å². The molecule has 10 rings (SSSR count). The van der Waals surface area contributed by atoms with Crippen molar-refractivity contribution in [1.82, 2.24) is 9.55 Å². The number of hydrogen-bond acceptors (Lipinski definition) is 4. The van der Waals surface area contributed by atoms with Crippen LogP contribution in [0, 0.1) is 12.1 Å². The van der Waals surface area contributed by atoms with Gasteiger partial charge in [0.25, 0.3) is 0 Å². The summed E-state index contributed by atoms with van der Waals surface area (Å²) in [6.45, 7) is 5.19. The molecule has 58 heavy (non-hydrogen) atoms. The molecule has 9 aromatic rings. The van der Waals surface area contributed by atoms with Crippen molar-refractivity contribution >= 4 is 55.9 Å². The molecular weight excluding hydrogens is 890 g/mol. The Morgan fingerprint density at radius 2 is 1.24 bits per heavy atom. The van der Waals surface area contributed by atoms with Gasteiger partial charge in [0.15, 0.2) is 0 Å². The summed E-state index contributed by atoms with van der Waals surface area (Å²) in [5.41, 5.74) is 14.0. The third-order valence-corrected chi connectivity index (χ3v) is 11.1. The Morgan fingerprint density at radius 3 is 1.97 bits per heavy atom. The van der Waals surface area contributed by atoms with Crippen molar-refractivity contribution in [2.24, 2.45) is 0 Å². The van der Waals surface area contributed by atoms with E-state index in [1.807, 2.05) is 6.20 Å². The van der Waals surface area contributed by atoms with Gasteiger partial charge in [-0.2, -0.15) is 12.1 Å². The van der Waals surface area contributed by atoms with Crippen LogP contribution in [0.2, 0.25) is 0 Å². The third-order valence-electron chi connectivity index (χ3n) is 11.1. The van der Waals surface area contributed by atoms with Crippen LogP contribution in [0.5, 0.6) is 0 Å². The fourth-order valence-electron chi connectivity index (χ4n) is 8.34. The van der Waals surface area contributed by atoms with Gasteiger partial charge in [-0.1, -0.05) is 146 Å². The minimum atomic E-state index is 0. The van der Waals surface area contributed by atoms with E-state index >= 15 is 0 Å². The molecule has 2 aromatic heterocycles. The van der Waals surface area contributed by atoms with Crippen molar-refractivity contribution in [3.63, 3.8) is 0 Å². The average molecular weight is 931 g/mol. The third kappa shape index (κ3) is 6.46. The monoisotopic (exact) mass is 930 g/mol. The van der Waals surface area contributed by atoms with Crippen molar-refractivity contribution in [2.45, 2.75) is 19.8 Å². The van der Waals surface area contributed by atoms with E-state index in [4.69, 9.17) is 4.98 Å². The molecule has 0 radical (unpaired) electrons. The number of benzene rings is 7. The zero-order chi connectivity index (χ0) is 38.5. The van der Waals surface area contributed by atoms with Crippen molar-refractivity contribution in [3.8, 4) is 28.1 Å². The van der Waals surface area contributed by atoms with Crippen LogP contribution in [-0.2, 0) is 21.1 Å². The maximum Gasteiger partial charge on any atom is 2.00 e. The number of rotatable bonds is 8. The summed E-state index contributed by atoms with van der Waals surface area (Å²) in [7, 11) is 2.15. The van der Waals surface area contributed by atoms with Gasteiger partial charge in [-0.15, -0.1) is 35.7 Å². The smallest absolute Gasteiger partial charge is 0.357 e. The van der Waals surface area contributed by atoms with Crippen LogP contribution in [-0.4, -0.2) is 23.3 Å². The van der Waals surface area contributed by atoms with Gasteiger partial charge < -0.3 is 19.3 Å². The molecule has 0 saturated carbocycles. The molecule has 3 heterocycles. The van der Waals surface area contributed by atoms with Gasteiger partial charge in [0, 0.05) is 29.9 Å². The van der Waals surface area contributed by atoms with Crippen LogP contribution in [0.3, 0.4) is 0 Å². The normalized spacial score (nSPS) is 12.3. The molecule has 7 aromatic carbocycles. The van der Waals surface area contributed by atoms with Crippen LogP contribution in [0.15, 0.2) is 176 Å². The SMILES string of the molecule is CC(C)c1ccnc(-n2c3[c-]c(N(c4[c-]c(N5CN(C)c6ccccc65)ccc4)c4c(-c5ccccc5)cccc4-c4ccccc4)ccc3c3ccccc32)c1.[Pt+2]. The number of para-hydroxylation sites is 4. The number of anilines is 6. The maximum absolute atomic E-state index is 4.96. The van der Waals surface area contributed by atoms with Gasteiger partial charge in [0.2, 0.25) is 0 Å². The topological polar surface area (TPSA) is 27.5 Å². The van der Waals surface area contributed by atoms with Crippen LogP contribution in [0.1, 0.15) is 25.3 Å². The van der Waals surface area contributed by atoms with Crippen LogP contribution < -0.4 is 14.7 Å². The molecule has 0 unspecified atom stereocenters. The second-order valence-electron chi connectivity index (χ2n) is 15.0. The Morgan fingerprint density at radius 1 is 0.603 bits per heavy atom. The Hall–Kier alpha value is -6.42. The van der Waals surface area contributed by atoms with E-state index in [1.54, 1.807) is 0 Å². The summed E-state index contributed by atoms with van der Waals surface area (Å²) in [4.78, 5) is 11.9. The standard InChI is InChI=1S/C52H41N5.Pt/c1-36(2)39-30-31-53-51(32-39)57-47-25-11-10-22-45(47)46-29-28-42(34-50(46)57)56(41-21-14-20-40(33-41)55-35-54(3)48-26-12-13-27-49(48)55)52-43(37-16-6-4-7-17-37)23-15-24-44(52)38-18-8-5-9-19-38;/h4-32,36H,35H2,1-3H3;/q-2;+2. The molecule has 0 N–H and O–H groups in total. The van der Waals surface area contributed by atoms with Gasteiger partial charge >= 0.3 is 21.1 Å². The fraction of sp³-hybridized carbons (Fsp3) is 0.0962. The number of pyridine rings is 1. The van der Waals surface area contributed by atoms with Crippen molar-refractivity contribution in [3.05, 3.63) is 194 Å². The molecular formula is C52H41N5Pt. The molecule has 0 fully saturated rings. The minimum absolute atomic E-state index is 0. The van der Waals surface area contributed by atoms with E-state index < -0.39 is 0 Å². The van der Waals surface area contributed by atoms with E-state index in [1.165, 1.54) is 22.3 Å². The number of fused-ring (bicyclic) bond motifs is 4. The first-order valence-corrected chi connectivity index (χ1v) is 19.6. The quantitative estimate of drug-likeness (QED) is 0.142. The molecule has 0 amide bonds. The first-order chi connectivity index (χ1) is 28.0. The molecule has 1 aliphatic heterocycles. The van der Waals surface area contributed by atoms with Crippen molar-refractivity contribution in [2.75, 3.05) is 28.4 Å². The molecule has 1 aliphatic rings. The summed E-state index contributed by atoms with van der Waals surface area (Å²) < 4.78 is 2.27. The first-order valence-electron chi connectivity index (χ1n) is 19.6. The molecule has 5 nitrogen and oxygen atoms in total. The Balaban J connectivity index is 0.00000436. The summed E-state index contributed by atoms with van der Waals surface area (Å²) in [5.74, 6) is 1.25. The van der Waals surface area contributed by atoms with Gasteiger partial charge in [0.05, 0.1) is 23.7 Å². The summed E-state index contributed by atoms with van der Waals surface area (Å²) in [5, 5.41) is 2.29. The predicted molar refractivity (Wildman–Crippen MR) is 238 cm³/mol. The second-order valence-corrected chi connectivity index (χ2v) is 15.0. The van der Waals surface area contributed by atoms with E-state index in [0.717, 1.165) is 73.9 Å². The minimum Gasteiger partial charge on any atom is -0.357 e. The summed E-state index contributed by atoms with van der Waals surface area (Å²) in [6.07, 6.45) is 1.93. The Kier molecular flexibility index (Phi) is 9.93. The van der Waals surface area contributed by atoms with E-state index in [0.29, 0.717) is 5.92 Å². The predicted octanol–water partition coefficient (Wildman–Crippen LogP) is 13.2. The number of nitrogens with zero attached hydrogens (tertiary/aromatic N) is 5. The van der Waals surface area contributed by atoms with Gasteiger partial charge in [0.1, 0.15) is 5.82 Å². The number of aromatic nitrogens is 2. The van der Waals surface area contributed by atoms with E-state index in [9.17, 15) is 0 Å². The number of hydrogen-bond donors (Lipinski definition) is 0. The molecule has 0 spiro atoms. The van der Waals surface area contributed by atoms with Crippen LogP contribution in [0.25, 0.3) is 49.9 Å². The molecule has 0 saturated heterocycles. The van der Waals surface area contributed by atoms with Crippen LogP contribution >= 0.6 is 0 Å². The Labute approximate surface area is 354 Å². The summed E-state index contributed by atoms with van der Waals surface area (Å²) >= 11 is 0. The van der Waals surface area contributed by atoms with Gasteiger partial charge in [-0.25, -0.2) is 4.98 Å². The molecule has 284 valence electrons. The molecule has 0 bridgehead atoms.